The van der Waals surface area contributed by atoms with Crippen molar-refractivity contribution in [2.24, 2.45) is 0 Å². The number of aromatic nitrogens is 3. The maximum absolute atomic E-state index is 12.7. The van der Waals surface area contributed by atoms with E-state index in [4.69, 9.17) is 4.74 Å². The van der Waals surface area contributed by atoms with E-state index < -0.39 is 5.97 Å². The average molecular weight is 442 g/mol. The third kappa shape index (κ3) is 3.54. The molecule has 0 amide bonds. The standard InChI is InChI=1S/C19H12BrN3O3S/c1-11(24)26-15-5-3-2-4-14(15)17-21-19-23(22-17)18(25)16(27-19)10-12-6-8-13(20)9-7-12/h2-10H,1H3. The lowest BCUT2D eigenvalue weighted by Crippen LogP contribution is -2.23. The second-order valence-corrected chi connectivity index (χ2v) is 7.61. The average Bonchev–Trinajstić information content (AvgIpc) is 3.17. The van der Waals surface area contributed by atoms with Gasteiger partial charge in [0.05, 0.1) is 10.1 Å². The monoisotopic (exact) mass is 441 g/mol. The molecule has 0 fully saturated rings. The van der Waals surface area contributed by atoms with Gasteiger partial charge < -0.3 is 4.74 Å². The molecule has 0 saturated carbocycles. The zero-order valence-corrected chi connectivity index (χ0v) is 16.5. The molecule has 0 bridgehead atoms. The van der Waals surface area contributed by atoms with Gasteiger partial charge in [0, 0.05) is 11.4 Å². The number of carbonyl (C=O) groups excluding carboxylic acids is 1. The zero-order valence-electron chi connectivity index (χ0n) is 14.0. The lowest BCUT2D eigenvalue weighted by atomic mass is 10.2. The quantitative estimate of drug-likeness (QED) is 0.360. The van der Waals surface area contributed by atoms with E-state index in [1.54, 1.807) is 24.3 Å². The molecule has 27 heavy (non-hydrogen) atoms. The molecule has 4 rings (SSSR count). The van der Waals surface area contributed by atoms with E-state index in [0.717, 1.165) is 10.0 Å². The first-order chi connectivity index (χ1) is 13.0. The van der Waals surface area contributed by atoms with Crippen LogP contribution in [0, 0.1) is 0 Å². The van der Waals surface area contributed by atoms with Crippen LogP contribution in [-0.2, 0) is 4.79 Å². The number of hydrogen-bond donors (Lipinski definition) is 0. The van der Waals surface area contributed by atoms with Crippen molar-refractivity contribution >= 4 is 44.3 Å². The summed E-state index contributed by atoms with van der Waals surface area (Å²) in [7, 11) is 0. The second-order valence-electron chi connectivity index (χ2n) is 5.69. The molecule has 2 aromatic heterocycles. The van der Waals surface area contributed by atoms with Gasteiger partial charge in [-0.1, -0.05) is 51.5 Å². The van der Waals surface area contributed by atoms with Crippen molar-refractivity contribution in [1.29, 1.82) is 0 Å². The molecule has 2 heterocycles. The number of hydrogen-bond acceptors (Lipinski definition) is 6. The first-order valence-corrected chi connectivity index (χ1v) is 9.57. The van der Waals surface area contributed by atoms with E-state index in [-0.39, 0.29) is 5.56 Å². The molecule has 0 N–H and O–H groups in total. The number of fused-ring (bicyclic) bond motifs is 1. The molecule has 0 saturated heterocycles. The molecule has 0 atom stereocenters. The van der Waals surface area contributed by atoms with Crippen LogP contribution in [0.1, 0.15) is 12.5 Å². The minimum Gasteiger partial charge on any atom is -0.426 e. The van der Waals surface area contributed by atoms with Gasteiger partial charge in [0.15, 0.2) is 5.82 Å². The fourth-order valence-electron chi connectivity index (χ4n) is 2.55. The third-order valence-corrected chi connectivity index (χ3v) is 5.22. The molecule has 2 aromatic carbocycles. The summed E-state index contributed by atoms with van der Waals surface area (Å²) in [5.74, 6) is 0.266. The van der Waals surface area contributed by atoms with Crippen LogP contribution < -0.4 is 14.8 Å². The van der Waals surface area contributed by atoms with Crippen LogP contribution in [0.2, 0.25) is 0 Å². The van der Waals surface area contributed by atoms with E-state index in [1.165, 1.54) is 22.8 Å². The summed E-state index contributed by atoms with van der Waals surface area (Å²) in [5, 5.41) is 4.31. The molecular formula is C19H12BrN3O3S. The molecule has 4 aromatic rings. The molecule has 0 unspecified atom stereocenters. The molecule has 0 aliphatic heterocycles. The van der Waals surface area contributed by atoms with Crippen molar-refractivity contribution in [3.05, 3.63) is 73.5 Å². The van der Waals surface area contributed by atoms with Crippen molar-refractivity contribution < 1.29 is 9.53 Å². The number of halogens is 1. The highest BCUT2D eigenvalue weighted by atomic mass is 79.9. The van der Waals surface area contributed by atoms with Crippen LogP contribution in [0.4, 0.5) is 0 Å². The highest BCUT2D eigenvalue weighted by Gasteiger charge is 2.16. The maximum Gasteiger partial charge on any atom is 0.308 e. The van der Waals surface area contributed by atoms with Crippen molar-refractivity contribution in [3.8, 4) is 17.1 Å². The van der Waals surface area contributed by atoms with Gasteiger partial charge in [-0.05, 0) is 35.9 Å². The number of rotatable bonds is 3. The number of thiazole rings is 1. The minimum absolute atomic E-state index is 0.235. The SMILES string of the molecule is CC(=O)Oc1ccccc1-c1nc2sc(=Cc3ccc(Br)cc3)c(=O)n2n1. The van der Waals surface area contributed by atoms with Gasteiger partial charge in [-0.2, -0.15) is 9.50 Å². The summed E-state index contributed by atoms with van der Waals surface area (Å²) in [6.45, 7) is 1.33. The first kappa shape index (κ1) is 17.6. The molecular weight excluding hydrogens is 430 g/mol. The number of ether oxygens (including phenoxy) is 1. The fourth-order valence-corrected chi connectivity index (χ4v) is 3.73. The predicted octanol–water partition coefficient (Wildman–Crippen LogP) is 3.05. The van der Waals surface area contributed by atoms with Crippen molar-refractivity contribution in [2.75, 3.05) is 0 Å². The summed E-state index contributed by atoms with van der Waals surface area (Å²) in [4.78, 5) is 28.9. The Kier molecular flexibility index (Phi) is 4.59. The Balaban J connectivity index is 1.79. The van der Waals surface area contributed by atoms with E-state index in [0.29, 0.717) is 26.6 Å². The minimum atomic E-state index is -0.431. The molecule has 6 nitrogen and oxygen atoms in total. The molecule has 134 valence electrons. The third-order valence-electron chi connectivity index (χ3n) is 3.73. The topological polar surface area (TPSA) is 73.6 Å². The Bertz CT molecular complexity index is 1260. The second kappa shape index (κ2) is 7.05. The van der Waals surface area contributed by atoms with Gasteiger partial charge in [-0.25, -0.2) is 0 Å². The smallest absolute Gasteiger partial charge is 0.308 e. The fraction of sp³-hybridized carbons (Fsp3) is 0.0526. The van der Waals surface area contributed by atoms with Crippen LogP contribution in [-0.4, -0.2) is 20.6 Å². The Morgan fingerprint density at radius 3 is 2.63 bits per heavy atom. The maximum atomic E-state index is 12.7. The molecule has 0 spiro atoms. The van der Waals surface area contributed by atoms with E-state index >= 15 is 0 Å². The highest BCUT2D eigenvalue weighted by Crippen LogP contribution is 2.27. The lowest BCUT2D eigenvalue weighted by Gasteiger charge is -2.04. The first-order valence-electron chi connectivity index (χ1n) is 7.96. The van der Waals surface area contributed by atoms with E-state index in [2.05, 4.69) is 26.0 Å². The summed E-state index contributed by atoms with van der Waals surface area (Å²) in [6, 6.07) is 14.6. The van der Waals surface area contributed by atoms with Crippen LogP contribution in [0.25, 0.3) is 22.4 Å². The normalized spacial score (nSPS) is 11.9. The molecule has 0 aliphatic carbocycles. The molecule has 0 radical (unpaired) electrons. The highest BCUT2D eigenvalue weighted by molar-refractivity contribution is 9.10. The Hall–Kier alpha value is -2.84. The van der Waals surface area contributed by atoms with Gasteiger partial charge in [-0.3, -0.25) is 9.59 Å². The van der Waals surface area contributed by atoms with Gasteiger partial charge >= 0.3 is 5.97 Å². The Labute approximate surface area is 165 Å². The summed E-state index contributed by atoms with van der Waals surface area (Å²) < 4.78 is 8.00. The van der Waals surface area contributed by atoms with E-state index in [1.807, 2.05) is 30.3 Å². The van der Waals surface area contributed by atoms with Crippen molar-refractivity contribution in [2.45, 2.75) is 6.92 Å². The zero-order chi connectivity index (χ0) is 19.0. The van der Waals surface area contributed by atoms with E-state index in [9.17, 15) is 9.59 Å². The number of nitrogens with zero attached hydrogens (tertiary/aromatic N) is 3. The van der Waals surface area contributed by atoms with Gasteiger partial charge in [0.1, 0.15) is 5.75 Å². The number of para-hydroxylation sites is 1. The van der Waals surface area contributed by atoms with Gasteiger partial charge in [0.2, 0.25) is 4.96 Å². The summed E-state index contributed by atoms with van der Waals surface area (Å²) in [6.07, 6.45) is 1.81. The van der Waals surface area contributed by atoms with Gasteiger partial charge in [-0.15, -0.1) is 5.10 Å². The predicted molar refractivity (Wildman–Crippen MR) is 107 cm³/mol. The number of esters is 1. The van der Waals surface area contributed by atoms with Crippen molar-refractivity contribution in [3.63, 3.8) is 0 Å². The van der Waals surface area contributed by atoms with Crippen LogP contribution >= 0.6 is 27.3 Å². The summed E-state index contributed by atoms with van der Waals surface area (Å²) in [5.41, 5.74) is 1.24. The van der Waals surface area contributed by atoms with Crippen LogP contribution in [0.5, 0.6) is 5.75 Å². The Morgan fingerprint density at radius 1 is 1.19 bits per heavy atom. The number of benzene rings is 2. The van der Waals surface area contributed by atoms with Crippen molar-refractivity contribution in [1.82, 2.24) is 14.6 Å². The summed E-state index contributed by atoms with van der Waals surface area (Å²) >= 11 is 4.65. The lowest BCUT2D eigenvalue weighted by molar-refractivity contribution is -0.131. The molecule has 8 heteroatoms. The number of carbonyl (C=O) groups is 1. The van der Waals surface area contributed by atoms with Crippen LogP contribution in [0.15, 0.2) is 57.8 Å². The van der Waals surface area contributed by atoms with Crippen LogP contribution in [0.3, 0.4) is 0 Å². The largest absolute Gasteiger partial charge is 0.426 e. The van der Waals surface area contributed by atoms with Gasteiger partial charge in [0.25, 0.3) is 5.56 Å². The Morgan fingerprint density at radius 2 is 1.93 bits per heavy atom. The molecule has 0 aliphatic rings.